The lowest BCUT2D eigenvalue weighted by molar-refractivity contribution is 0.172. The summed E-state index contributed by atoms with van der Waals surface area (Å²) in [5.74, 6) is 0. The maximum Gasteiger partial charge on any atom is 0.214 e. The van der Waals surface area contributed by atoms with Crippen LogP contribution in [0.4, 0.5) is 0 Å². The van der Waals surface area contributed by atoms with Gasteiger partial charge < -0.3 is 10.5 Å². The van der Waals surface area contributed by atoms with E-state index in [0.717, 1.165) is 25.7 Å². The summed E-state index contributed by atoms with van der Waals surface area (Å²) >= 11 is 0. The standard InChI is InChI=1S/C10H22N2O3S/c1-15-8-9(6-7-11)12-16(13,14)10-4-2-3-5-10/h9-10,12H,2-8,11H2,1H3. The summed E-state index contributed by atoms with van der Waals surface area (Å²) in [4.78, 5) is 0. The number of hydrogen-bond acceptors (Lipinski definition) is 4. The van der Waals surface area contributed by atoms with E-state index in [2.05, 4.69) is 4.72 Å². The van der Waals surface area contributed by atoms with Crippen LogP contribution in [0.5, 0.6) is 0 Å². The van der Waals surface area contributed by atoms with Crippen LogP contribution in [0.2, 0.25) is 0 Å². The van der Waals surface area contributed by atoms with Gasteiger partial charge in [-0.15, -0.1) is 0 Å². The summed E-state index contributed by atoms with van der Waals surface area (Å²) in [7, 11) is -1.63. The number of nitrogens with one attached hydrogen (secondary N) is 1. The van der Waals surface area contributed by atoms with Crippen molar-refractivity contribution in [2.75, 3.05) is 20.3 Å². The number of methoxy groups -OCH3 is 1. The fraction of sp³-hybridized carbons (Fsp3) is 1.00. The Bertz CT molecular complexity index is 280. The second kappa shape index (κ2) is 6.54. The molecular weight excluding hydrogens is 228 g/mol. The second-order valence-corrected chi connectivity index (χ2v) is 6.29. The van der Waals surface area contributed by atoms with Crippen LogP contribution in [-0.4, -0.2) is 40.0 Å². The van der Waals surface area contributed by atoms with Crippen molar-refractivity contribution in [3.63, 3.8) is 0 Å². The van der Waals surface area contributed by atoms with E-state index in [1.165, 1.54) is 0 Å². The van der Waals surface area contributed by atoms with E-state index >= 15 is 0 Å². The molecular formula is C10H22N2O3S. The zero-order valence-corrected chi connectivity index (χ0v) is 10.6. The van der Waals surface area contributed by atoms with E-state index in [9.17, 15) is 8.42 Å². The first-order chi connectivity index (χ1) is 7.60. The number of hydrogen-bond donors (Lipinski definition) is 2. The highest BCUT2D eigenvalue weighted by molar-refractivity contribution is 7.90. The average Bonchev–Trinajstić information content (AvgIpc) is 2.71. The maximum atomic E-state index is 12.0. The van der Waals surface area contributed by atoms with Gasteiger partial charge in [-0.2, -0.15) is 0 Å². The molecule has 0 saturated heterocycles. The van der Waals surface area contributed by atoms with E-state index in [1.54, 1.807) is 7.11 Å². The molecule has 1 unspecified atom stereocenters. The molecule has 1 rings (SSSR count). The van der Waals surface area contributed by atoms with Gasteiger partial charge in [-0.25, -0.2) is 13.1 Å². The van der Waals surface area contributed by atoms with Crippen molar-refractivity contribution in [3.8, 4) is 0 Å². The molecule has 0 aromatic carbocycles. The van der Waals surface area contributed by atoms with Crippen LogP contribution in [0.25, 0.3) is 0 Å². The molecule has 1 atom stereocenters. The summed E-state index contributed by atoms with van der Waals surface area (Å²) in [6.07, 6.45) is 4.18. The lowest BCUT2D eigenvalue weighted by atomic mass is 10.2. The van der Waals surface area contributed by atoms with E-state index in [1.807, 2.05) is 0 Å². The smallest absolute Gasteiger partial charge is 0.214 e. The zero-order valence-electron chi connectivity index (χ0n) is 9.81. The zero-order chi connectivity index (χ0) is 12.0. The summed E-state index contributed by atoms with van der Waals surface area (Å²) in [6, 6.07) is -0.194. The normalized spacial score (nSPS) is 20.1. The summed E-state index contributed by atoms with van der Waals surface area (Å²) in [6.45, 7) is 0.838. The highest BCUT2D eigenvalue weighted by atomic mass is 32.2. The quantitative estimate of drug-likeness (QED) is 0.677. The Kier molecular flexibility index (Phi) is 5.68. The van der Waals surface area contributed by atoms with Crippen LogP contribution in [0.15, 0.2) is 0 Å². The number of rotatable bonds is 7. The Morgan fingerprint density at radius 2 is 2.06 bits per heavy atom. The van der Waals surface area contributed by atoms with Gasteiger partial charge in [0.25, 0.3) is 0 Å². The predicted molar refractivity (Wildman–Crippen MR) is 63.6 cm³/mol. The molecule has 1 saturated carbocycles. The molecule has 0 aromatic heterocycles. The lowest BCUT2D eigenvalue weighted by Gasteiger charge is -2.20. The Hall–Kier alpha value is -0.170. The topological polar surface area (TPSA) is 81.4 Å². The first kappa shape index (κ1) is 13.9. The maximum absolute atomic E-state index is 12.0. The first-order valence-corrected chi connectivity index (χ1v) is 7.35. The van der Waals surface area contributed by atoms with E-state index < -0.39 is 10.0 Å². The van der Waals surface area contributed by atoms with Crippen LogP contribution in [0.3, 0.4) is 0 Å². The van der Waals surface area contributed by atoms with Crippen LogP contribution < -0.4 is 10.5 Å². The van der Waals surface area contributed by atoms with Crippen LogP contribution in [0, 0.1) is 0 Å². The first-order valence-electron chi connectivity index (χ1n) is 5.80. The van der Waals surface area contributed by atoms with Crippen molar-refractivity contribution < 1.29 is 13.2 Å². The number of ether oxygens (including phenoxy) is 1. The summed E-state index contributed by atoms with van der Waals surface area (Å²) in [5.41, 5.74) is 5.44. The fourth-order valence-corrected chi connectivity index (χ4v) is 3.90. The Labute approximate surface area is 97.8 Å². The Morgan fingerprint density at radius 1 is 1.44 bits per heavy atom. The Morgan fingerprint density at radius 3 is 2.56 bits per heavy atom. The van der Waals surface area contributed by atoms with Gasteiger partial charge in [0.05, 0.1) is 11.9 Å². The molecule has 0 heterocycles. The SMILES string of the molecule is COCC(CCN)NS(=O)(=O)C1CCCC1. The van der Waals surface area contributed by atoms with Gasteiger partial charge in [-0.3, -0.25) is 0 Å². The molecule has 1 fully saturated rings. The highest BCUT2D eigenvalue weighted by Crippen LogP contribution is 2.24. The number of sulfonamides is 1. The van der Waals surface area contributed by atoms with E-state index in [-0.39, 0.29) is 11.3 Å². The molecule has 0 aromatic rings. The molecule has 0 aliphatic heterocycles. The third kappa shape index (κ3) is 4.01. The molecule has 16 heavy (non-hydrogen) atoms. The van der Waals surface area contributed by atoms with Crippen LogP contribution >= 0.6 is 0 Å². The predicted octanol–water partition coefficient (Wildman–Crippen LogP) is 0.212. The molecule has 0 spiro atoms. The highest BCUT2D eigenvalue weighted by Gasteiger charge is 2.30. The van der Waals surface area contributed by atoms with Crippen molar-refractivity contribution >= 4 is 10.0 Å². The minimum atomic E-state index is -3.19. The number of nitrogens with two attached hydrogens (primary N) is 1. The molecule has 1 aliphatic carbocycles. The third-order valence-electron chi connectivity index (χ3n) is 2.95. The van der Waals surface area contributed by atoms with E-state index in [0.29, 0.717) is 19.6 Å². The molecule has 3 N–H and O–H groups in total. The molecule has 5 nitrogen and oxygen atoms in total. The summed E-state index contributed by atoms with van der Waals surface area (Å²) in [5, 5.41) is -0.218. The van der Waals surface area contributed by atoms with Gasteiger partial charge >= 0.3 is 0 Å². The van der Waals surface area contributed by atoms with Crippen molar-refractivity contribution in [2.45, 2.75) is 43.4 Å². The summed E-state index contributed by atoms with van der Waals surface area (Å²) < 4.78 is 31.7. The molecule has 6 heteroatoms. The molecule has 0 radical (unpaired) electrons. The molecule has 96 valence electrons. The van der Waals surface area contributed by atoms with Gasteiger partial charge in [-0.05, 0) is 25.8 Å². The monoisotopic (exact) mass is 250 g/mol. The van der Waals surface area contributed by atoms with Crippen molar-refractivity contribution in [1.29, 1.82) is 0 Å². The van der Waals surface area contributed by atoms with E-state index in [4.69, 9.17) is 10.5 Å². The average molecular weight is 250 g/mol. The van der Waals surface area contributed by atoms with Crippen molar-refractivity contribution in [3.05, 3.63) is 0 Å². The molecule has 0 bridgehead atoms. The van der Waals surface area contributed by atoms with Gasteiger partial charge in [-0.1, -0.05) is 12.8 Å². The fourth-order valence-electron chi connectivity index (χ4n) is 2.11. The van der Waals surface area contributed by atoms with Crippen molar-refractivity contribution in [1.82, 2.24) is 4.72 Å². The minimum absolute atomic E-state index is 0.194. The lowest BCUT2D eigenvalue weighted by Crippen LogP contribution is -2.43. The van der Waals surface area contributed by atoms with Crippen LogP contribution in [0.1, 0.15) is 32.1 Å². The van der Waals surface area contributed by atoms with Crippen LogP contribution in [-0.2, 0) is 14.8 Å². The van der Waals surface area contributed by atoms with Crippen molar-refractivity contribution in [2.24, 2.45) is 5.73 Å². The van der Waals surface area contributed by atoms with Gasteiger partial charge in [0.15, 0.2) is 0 Å². The minimum Gasteiger partial charge on any atom is -0.383 e. The Balaban J connectivity index is 2.54. The molecule has 0 amide bonds. The largest absolute Gasteiger partial charge is 0.383 e. The van der Waals surface area contributed by atoms with Gasteiger partial charge in [0.2, 0.25) is 10.0 Å². The third-order valence-corrected chi connectivity index (χ3v) is 4.97. The molecule has 1 aliphatic rings. The second-order valence-electron chi connectivity index (χ2n) is 4.30. The van der Waals surface area contributed by atoms with Gasteiger partial charge in [0.1, 0.15) is 0 Å². The van der Waals surface area contributed by atoms with Gasteiger partial charge in [0, 0.05) is 13.2 Å².